The first-order valence-corrected chi connectivity index (χ1v) is 6.00. The van der Waals surface area contributed by atoms with Gasteiger partial charge in [-0.1, -0.05) is 6.07 Å². The van der Waals surface area contributed by atoms with Crippen molar-refractivity contribution in [3.63, 3.8) is 0 Å². The summed E-state index contributed by atoms with van der Waals surface area (Å²) in [4.78, 5) is 0. The van der Waals surface area contributed by atoms with Crippen LogP contribution < -0.4 is 5.32 Å². The van der Waals surface area contributed by atoms with Crippen LogP contribution in [-0.2, 0) is 11.2 Å². The molecule has 0 saturated carbocycles. The van der Waals surface area contributed by atoms with Gasteiger partial charge < -0.3 is 10.1 Å². The highest BCUT2D eigenvalue weighted by atomic mass is 19.3. The van der Waals surface area contributed by atoms with Gasteiger partial charge in [0.15, 0.2) is 0 Å². The summed E-state index contributed by atoms with van der Waals surface area (Å²) >= 11 is 0. The molecular formula is C13H17F4NO. The van der Waals surface area contributed by atoms with Gasteiger partial charge in [-0.2, -0.15) is 0 Å². The number of ether oxygens (including phenoxy) is 1. The van der Waals surface area contributed by atoms with Crippen LogP contribution in [0.15, 0.2) is 18.2 Å². The molecule has 1 atom stereocenters. The summed E-state index contributed by atoms with van der Waals surface area (Å²) in [6, 6.07) is 3.29. The topological polar surface area (TPSA) is 21.3 Å². The predicted molar refractivity (Wildman–Crippen MR) is 64.3 cm³/mol. The molecule has 1 aromatic rings. The van der Waals surface area contributed by atoms with Crippen LogP contribution in [0.2, 0.25) is 0 Å². The summed E-state index contributed by atoms with van der Waals surface area (Å²) in [6.45, 7) is -0.431. The Morgan fingerprint density at radius 3 is 2.58 bits per heavy atom. The number of nitrogens with one attached hydrogen (secondary N) is 1. The fourth-order valence-corrected chi connectivity index (χ4v) is 1.70. The third-order valence-corrected chi connectivity index (χ3v) is 2.74. The number of alkyl halides is 2. The summed E-state index contributed by atoms with van der Waals surface area (Å²) < 4.78 is 54.7. The Hall–Kier alpha value is -1.14. The third-order valence-electron chi connectivity index (χ3n) is 2.74. The van der Waals surface area contributed by atoms with Crippen molar-refractivity contribution in [3.05, 3.63) is 35.4 Å². The second kappa shape index (κ2) is 8.12. The number of benzene rings is 1. The minimum absolute atomic E-state index is 0.113. The monoisotopic (exact) mass is 279 g/mol. The van der Waals surface area contributed by atoms with Gasteiger partial charge in [-0.05, 0) is 31.5 Å². The van der Waals surface area contributed by atoms with E-state index in [4.69, 9.17) is 4.74 Å². The van der Waals surface area contributed by atoms with E-state index in [2.05, 4.69) is 5.32 Å². The lowest BCUT2D eigenvalue weighted by atomic mass is 10.0. The van der Waals surface area contributed by atoms with Crippen molar-refractivity contribution < 1.29 is 22.3 Å². The van der Waals surface area contributed by atoms with Gasteiger partial charge in [0, 0.05) is 18.7 Å². The Bertz CT molecular complexity index is 387. The average molecular weight is 279 g/mol. The first-order valence-electron chi connectivity index (χ1n) is 6.00. The minimum atomic E-state index is -2.48. The zero-order chi connectivity index (χ0) is 14.3. The molecule has 2 nitrogen and oxygen atoms in total. The molecule has 1 rings (SSSR count). The molecule has 0 amide bonds. The molecule has 1 N–H and O–H groups in total. The van der Waals surface area contributed by atoms with E-state index < -0.39 is 24.7 Å². The van der Waals surface area contributed by atoms with Gasteiger partial charge in [0.05, 0.1) is 0 Å². The number of hydrogen-bond acceptors (Lipinski definition) is 2. The molecule has 1 unspecified atom stereocenters. The zero-order valence-corrected chi connectivity index (χ0v) is 10.6. The first-order chi connectivity index (χ1) is 9.02. The second-order valence-electron chi connectivity index (χ2n) is 4.18. The maximum Gasteiger partial charge on any atom is 0.261 e. The third kappa shape index (κ3) is 6.02. The molecule has 0 heterocycles. The highest BCUT2D eigenvalue weighted by molar-refractivity contribution is 5.19. The molecule has 6 heteroatoms. The Labute approximate surface area is 109 Å². The van der Waals surface area contributed by atoms with E-state index in [0.717, 1.165) is 6.07 Å². The number of halogens is 4. The lowest BCUT2D eigenvalue weighted by Crippen LogP contribution is -2.29. The van der Waals surface area contributed by atoms with Crippen LogP contribution in [0.4, 0.5) is 17.6 Å². The number of likely N-dealkylation sites (N-methyl/N-ethyl adjacent to an activating group) is 1. The number of rotatable bonds is 8. The van der Waals surface area contributed by atoms with Crippen molar-refractivity contribution in [2.45, 2.75) is 25.3 Å². The zero-order valence-electron chi connectivity index (χ0n) is 10.6. The van der Waals surface area contributed by atoms with Crippen molar-refractivity contribution in [1.82, 2.24) is 5.32 Å². The molecule has 0 aliphatic carbocycles. The van der Waals surface area contributed by atoms with Crippen LogP contribution in [0.5, 0.6) is 0 Å². The molecule has 1 aromatic carbocycles. The van der Waals surface area contributed by atoms with Crippen LogP contribution in [0.3, 0.4) is 0 Å². The van der Waals surface area contributed by atoms with Gasteiger partial charge in [0.1, 0.15) is 18.2 Å². The molecule has 0 fully saturated rings. The van der Waals surface area contributed by atoms with Crippen LogP contribution in [0.1, 0.15) is 12.0 Å². The molecule has 0 aromatic heterocycles. The summed E-state index contributed by atoms with van der Waals surface area (Å²) in [5, 5.41) is 2.95. The van der Waals surface area contributed by atoms with Gasteiger partial charge in [-0.25, -0.2) is 17.6 Å². The quantitative estimate of drug-likeness (QED) is 0.583. The maximum atomic E-state index is 13.4. The largest absolute Gasteiger partial charge is 0.375 e. The minimum Gasteiger partial charge on any atom is -0.375 e. The van der Waals surface area contributed by atoms with Crippen LogP contribution >= 0.6 is 0 Å². The van der Waals surface area contributed by atoms with Gasteiger partial charge >= 0.3 is 0 Å². The van der Waals surface area contributed by atoms with E-state index in [0.29, 0.717) is 18.4 Å². The molecule has 0 radical (unpaired) electrons. The van der Waals surface area contributed by atoms with E-state index in [1.165, 1.54) is 12.1 Å². The van der Waals surface area contributed by atoms with Gasteiger partial charge in [0.25, 0.3) is 6.43 Å². The lowest BCUT2D eigenvalue weighted by Gasteiger charge is -2.16. The molecular weight excluding hydrogens is 262 g/mol. The normalized spacial score (nSPS) is 12.9. The van der Waals surface area contributed by atoms with E-state index in [1.807, 2.05) is 0 Å². The summed E-state index contributed by atoms with van der Waals surface area (Å²) in [6.07, 6.45) is -1.66. The van der Waals surface area contributed by atoms with Crippen LogP contribution in [0.25, 0.3) is 0 Å². The summed E-state index contributed by atoms with van der Waals surface area (Å²) in [7, 11) is 1.69. The van der Waals surface area contributed by atoms with Gasteiger partial charge in [-0.15, -0.1) is 0 Å². The standard InChI is InChI=1S/C13H17F4NO/c1-18-11(4-5-19-8-13(16)17)6-9-2-3-10(14)7-12(9)15/h2-3,7,11,13,18H,4-6,8H2,1H3. The van der Waals surface area contributed by atoms with E-state index in [-0.39, 0.29) is 12.6 Å². The van der Waals surface area contributed by atoms with Gasteiger partial charge in [-0.3, -0.25) is 0 Å². The molecule has 108 valence electrons. The van der Waals surface area contributed by atoms with Crippen molar-refractivity contribution in [3.8, 4) is 0 Å². The molecule has 19 heavy (non-hydrogen) atoms. The Morgan fingerprint density at radius 1 is 1.26 bits per heavy atom. The smallest absolute Gasteiger partial charge is 0.261 e. The number of hydrogen-bond donors (Lipinski definition) is 1. The van der Waals surface area contributed by atoms with Crippen LogP contribution in [0, 0.1) is 11.6 Å². The fourth-order valence-electron chi connectivity index (χ4n) is 1.70. The van der Waals surface area contributed by atoms with E-state index in [9.17, 15) is 17.6 Å². The molecule has 0 saturated heterocycles. The molecule has 0 spiro atoms. The highest BCUT2D eigenvalue weighted by Crippen LogP contribution is 2.13. The molecule has 0 bridgehead atoms. The van der Waals surface area contributed by atoms with Crippen molar-refractivity contribution in [2.24, 2.45) is 0 Å². The van der Waals surface area contributed by atoms with Crippen molar-refractivity contribution >= 4 is 0 Å². The summed E-state index contributed by atoms with van der Waals surface area (Å²) in [5.74, 6) is -1.23. The highest BCUT2D eigenvalue weighted by Gasteiger charge is 2.12. The second-order valence-corrected chi connectivity index (χ2v) is 4.18. The lowest BCUT2D eigenvalue weighted by molar-refractivity contribution is 0.0146. The first kappa shape index (κ1) is 15.9. The Kier molecular flexibility index (Phi) is 6.80. The van der Waals surface area contributed by atoms with Crippen molar-refractivity contribution in [1.29, 1.82) is 0 Å². The van der Waals surface area contributed by atoms with E-state index >= 15 is 0 Å². The van der Waals surface area contributed by atoms with Crippen molar-refractivity contribution in [2.75, 3.05) is 20.3 Å². The fraction of sp³-hybridized carbons (Fsp3) is 0.538. The SMILES string of the molecule is CNC(CCOCC(F)F)Cc1ccc(F)cc1F. The maximum absolute atomic E-state index is 13.4. The molecule has 0 aliphatic heterocycles. The summed E-state index contributed by atoms with van der Waals surface area (Å²) in [5.41, 5.74) is 0.384. The Morgan fingerprint density at radius 2 is 2.00 bits per heavy atom. The van der Waals surface area contributed by atoms with E-state index in [1.54, 1.807) is 7.05 Å². The van der Waals surface area contributed by atoms with Crippen LogP contribution in [-0.4, -0.2) is 32.7 Å². The Balaban J connectivity index is 2.43. The van der Waals surface area contributed by atoms with Gasteiger partial charge in [0.2, 0.25) is 0 Å². The molecule has 0 aliphatic rings. The average Bonchev–Trinajstić information content (AvgIpc) is 2.35. The predicted octanol–water partition coefficient (Wildman–Crippen LogP) is 2.77.